The third-order valence-corrected chi connectivity index (χ3v) is 4.00. The van der Waals surface area contributed by atoms with Gasteiger partial charge in [-0.05, 0) is 27.4 Å². The zero-order chi connectivity index (χ0) is 19.0. The lowest BCUT2D eigenvalue weighted by atomic mass is 9.59. The van der Waals surface area contributed by atoms with Gasteiger partial charge in [0.15, 0.2) is 0 Å². The molecule has 0 saturated heterocycles. The molecule has 1 aliphatic rings. The summed E-state index contributed by atoms with van der Waals surface area (Å²) in [5, 5.41) is 0. The van der Waals surface area contributed by atoms with Crippen LogP contribution in [0.1, 0.15) is 64.8 Å². The van der Waals surface area contributed by atoms with Crippen LogP contribution in [0.4, 0.5) is 0 Å². The Morgan fingerprint density at radius 3 is 1.87 bits per heavy atom. The van der Waals surface area contributed by atoms with Gasteiger partial charge in [0.25, 0.3) is 0 Å². The number of hydrogen-bond acceptors (Lipinski definition) is 0. The van der Waals surface area contributed by atoms with Gasteiger partial charge < -0.3 is 0 Å². The number of benzene rings is 1. The van der Waals surface area contributed by atoms with Crippen molar-refractivity contribution in [2.24, 2.45) is 5.41 Å². The fourth-order valence-corrected chi connectivity index (χ4v) is 2.36. The SMILES string of the molecule is [2H]C([2H])([2H])C1(C)C(C)(C)c2ccccc2C1(C([2H])([2H])[2H])C([2H])([2H])[2H]. The summed E-state index contributed by atoms with van der Waals surface area (Å²) in [6, 6.07) is 6.33. The van der Waals surface area contributed by atoms with Crippen molar-refractivity contribution in [2.45, 2.75) is 52.2 Å². The van der Waals surface area contributed by atoms with Crippen LogP contribution in [0.2, 0.25) is 0 Å². The summed E-state index contributed by atoms with van der Waals surface area (Å²) in [5.74, 6) is 0. The summed E-state index contributed by atoms with van der Waals surface area (Å²) in [6.07, 6.45) is 0. The van der Waals surface area contributed by atoms with Gasteiger partial charge in [-0.25, -0.2) is 0 Å². The van der Waals surface area contributed by atoms with Crippen molar-refractivity contribution < 1.29 is 12.3 Å². The smallest absolute Gasteiger partial charge is 0.0240 e. The Hall–Kier alpha value is -0.780. The first kappa shape index (κ1) is 4.24. The van der Waals surface area contributed by atoms with E-state index in [1.54, 1.807) is 32.0 Å². The van der Waals surface area contributed by atoms with Crippen LogP contribution in [0.15, 0.2) is 24.3 Å². The van der Waals surface area contributed by atoms with E-state index in [1.165, 1.54) is 13.0 Å². The quantitative estimate of drug-likeness (QED) is 0.601. The molecule has 0 spiro atoms. The van der Waals surface area contributed by atoms with Gasteiger partial charge in [-0.15, -0.1) is 0 Å². The standard InChI is InChI=1S/C15H22/c1-13(2)11-9-7-8-10-12(11)14(3,4)15(13,5)6/h7-10H,1-6H3/i1D3,2D3,5D3. The largest absolute Gasteiger partial charge is 0.0620 e. The van der Waals surface area contributed by atoms with Crippen LogP contribution in [0.25, 0.3) is 0 Å². The molecule has 0 amide bonds. The van der Waals surface area contributed by atoms with Crippen molar-refractivity contribution in [3.05, 3.63) is 35.4 Å². The highest BCUT2D eigenvalue weighted by Gasteiger charge is 2.56. The molecule has 0 heteroatoms. The molecular weight excluding hydrogens is 180 g/mol. The predicted molar refractivity (Wildman–Crippen MR) is 66.3 cm³/mol. The van der Waals surface area contributed by atoms with E-state index in [4.69, 9.17) is 12.3 Å². The molecule has 1 aliphatic carbocycles. The van der Waals surface area contributed by atoms with Crippen LogP contribution in [-0.2, 0) is 10.8 Å². The zero-order valence-corrected chi connectivity index (χ0v) is 9.31. The molecule has 0 radical (unpaired) electrons. The monoisotopic (exact) mass is 211 g/mol. The maximum absolute atomic E-state index is 8.11. The Labute approximate surface area is 106 Å². The van der Waals surface area contributed by atoms with E-state index in [2.05, 4.69) is 0 Å². The molecule has 1 aromatic carbocycles. The molecule has 0 bridgehead atoms. The molecule has 1 atom stereocenters. The molecule has 0 saturated carbocycles. The Morgan fingerprint density at radius 1 is 0.867 bits per heavy atom. The molecule has 1 unspecified atom stereocenters. The van der Waals surface area contributed by atoms with Crippen molar-refractivity contribution >= 4 is 0 Å². The van der Waals surface area contributed by atoms with E-state index in [0.717, 1.165) is 0 Å². The molecule has 82 valence electrons. The van der Waals surface area contributed by atoms with Crippen molar-refractivity contribution in [2.75, 3.05) is 0 Å². The molecule has 15 heavy (non-hydrogen) atoms. The van der Waals surface area contributed by atoms with E-state index in [1.807, 2.05) is 0 Å². The maximum atomic E-state index is 8.11. The van der Waals surface area contributed by atoms with Crippen molar-refractivity contribution in [3.8, 4) is 0 Å². The van der Waals surface area contributed by atoms with E-state index in [9.17, 15) is 0 Å². The van der Waals surface area contributed by atoms with Crippen molar-refractivity contribution in [3.63, 3.8) is 0 Å². The third-order valence-electron chi connectivity index (χ3n) is 4.00. The first-order chi connectivity index (χ1) is 10.5. The number of rotatable bonds is 0. The van der Waals surface area contributed by atoms with E-state index in [0.29, 0.717) is 5.56 Å². The molecular formula is C15H22. The van der Waals surface area contributed by atoms with Gasteiger partial charge in [0, 0.05) is 12.3 Å². The molecule has 0 N–H and O–H groups in total. The first-order valence-electron chi connectivity index (χ1n) is 9.58. The minimum Gasteiger partial charge on any atom is -0.0620 e. The minimum atomic E-state index is -3.02. The highest BCUT2D eigenvalue weighted by atomic mass is 14.6. The number of fused-ring (bicyclic) bond motifs is 1. The molecule has 2 rings (SSSR count). The molecule has 0 aliphatic heterocycles. The van der Waals surface area contributed by atoms with E-state index in [-0.39, 0.29) is 5.56 Å². The predicted octanol–water partition coefficient (Wildman–Crippen LogP) is 4.28. The Bertz CT molecular complexity index is 634. The Balaban J connectivity index is 3.15. The summed E-state index contributed by atoms with van der Waals surface area (Å²) >= 11 is 0. The summed E-state index contributed by atoms with van der Waals surface area (Å²) in [5.41, 5.74) is -5.10. The second-order valence-electron chi connectivity index (χ2n) is 5.05. The van der Waals surface area contributed by atoms with Crippen LogP contribution < -0.4 is 0 Å². The summed E-state index contributed by atoms with van der Waals surface area (Å²) in [7, 11) is 0. The van der Waals surface area contributed by atoms with Crippen LogP contribution in [-0.4, -0.2) is 0 Å². The van der Waals surface area contributed by atoms with Crippen molar-refractivity contribution in [1.29, 1.82) is 0 Å². The van der Waals surface area contributed by atoms with Gasteiger partial charge in [0.2, 0.25) is 0 Å². The van der Waals surface area contributed by atoms with Crippen molar-refractivity contribution in [1.82, 2.24) is 0 Å². The van der Waals surface area contributed by atoms with Gasteiger partial charge in [0.05, 0.1) is 0 Å². The summed E-state index contributed by atoms with van der Waals surface area (Å²) in [6.45, 7) is -4.30. The number of hydrogen-bond donors (Lipinski definition) is 0. The summed E-state index contributed by atoms with van der Waals surface area (Å²) in [4.78, 5) is 0. The lowest BCUT2D eigenvalue weighted by molar-refractivity contribution is 0.125. The highest BCUT2D eigenvalue weighted by molar-refractivity contribution is 5.48. The Morgan fingerprint density at radius 2 is 1.40 bits per heavy atom. The van der Waals surface area contributed by atoms with Crippen LogP contribution >= 0.6 is 0 Å². The topological polar surface area (TPSA) is 0 Å². The highest BCUT2D eigenvalue weighted by Crippen LogP contribution is 2.61. The maximum Gasteiger partial charge on any atom is 0.0240 e. The molecule has 1 aromatic rings. The first-order valence-corrected chi connectivity index (χ1v) is 5.08. The van der Waals surface area contributed by atoms with Gasteiger partial charge in [-0.1, -0.05) is 65.6 Å². The van der Waals surface area contributed by atoms with Crippen LogP contribution in [0, 0.1) is 5.41 Å². The van der Waals surface area contributed by atoms with E-state index >= 15 is 0 Å². The normalized spacial score (nSPS) is 42.7. The van der Waals surface area contributed by atoms with Crippen LogP contribution in [0.3, 0.4) is 0 Å². The summed E-state index contributed by atoms with van der Waals surface area (Å²) < 4.78 is 72.9. The van der Waals surface area contributed by atoms with E-state index < -0.39 is 36.8 Å². The fraction of sp³-hybridized carbons (Fsp3) is 0.600. The Kier molecular flexibility index (Phi) is 0.753. The molecule has 0 fully saturated rings. The second kappa shape index (κ2) is 2.66. The average Bonchev–Trinajstić information content (AvgIpc) is 2.51. The second-order valence-corrected chi connectivity index (χ2v) is 5.05. The van der Waals surface area contributed by atoms with Crippen LogP contribution in [0.5, 0.6) is 0 Å². The van der Waals surface area contributed by atoms with Gasteiger partial charge >= 0.3 is 0 Å². The lowest BCUT2D eigenvalue weighted by Crippen LogP contribution is -2.42. The van der Waals surface area contributed by atoms with Gasteiger partial charge in [0.1, 0.15) is 0 Å². The van der Waals surface area contributed by atoms with Gasteiger partial charge in [-0.3, -0.25) is 0 Å². The molecule has 0 nitrogen and oxygen atoms in total. The molecule has 0 aromatic heterocycles. The average molecular weight is 211 g/mol. The minimum absolute atomic E-state index is 0.0913. The molecule has 0 heterocycles. The fourth-order valence-electron chi connectivity index (χ4n) is 2.36. The lowest BCUT2D eigenvalue weighted by Gasteiger charge is -2.44. The zero-order valence-electron chi connectivity index (χ0n) is 18.3. The van der Waals surface area contributed by atoms with Gasteiger partial charge in [-0.2, -0.15) is 0 Å². The third kappa shape index (κ3) is 1.03.